The molecule has 0 aliphatic carbocycles. The molecule has 9 heteroatoms. The summed E-state index contributed by atoms with van der Waals surface area (Å²) in [6.07, 6.45) is 1.64. The number of benzene rings is 1. The number of anilines is 1. The van der Waals surface area contributed by atoms with Crippen molar-refractivity contribution in [1.82, 2.24) is 34.6 Å². The summed E-state index contributed by atoms with van der Waals surface area (Å²) in [6.45, 7) is 6.08. The fourth-order valence-corrected chi connectivity index (χ4v) is 3.97. The average molecular weight is 429 g/mol. The first-order valence-electron chi connectivity index (χ1n) is 10.6. The molecule has 9 nitrogen and oxygen atoms in total. The van der Waals surface area contributed by atoms with E-state index in [2.05, 4.69) is 37.1 Å². The van der Waals surface area contributed by atoms with Crippen molar-refractivity contribution in [2.75, 3.05) is 25.0 Å². The molecule has 0 saturated carbocycles. The van der Waals surface area contributed by atoms with Crippen LogP contribution in [0.4, 0.5) is 5.95 Å². The highest BCUT2D eigenvalue weighted by Gasteiger charge is 2.27. The van der Waals surface area contributed by atoms with E-state index in [9.17, 15) is 4.79 Å². The number of aryl methyl sites for hydroxylation is 1. The van der Waals surface area contributed by atoms with Crippen molar-refractivity contribution >= 4 is 27.9 Å². The van der Waals surface area contributed by atoms with Crippen LogP contribution >= 0.6 is 0 Å². The standard InChI is InChI=1S/C23H24N8O/c1-4-5-10-30-21-19(28-23(30)29(3)16-11-24-12-16)13-25-31(22(21)32)14-20-26-15(2)17-8-6-7-9-18(17)27-20/h6-9,13,16,24H,10-12,14H2,1-3H3. The molecule has 0 atom stereocenters. The highest BCUT2D eigenvalue weighted by Crippen LogP contribution is 2.22. The number of fused-ring (bicyclic) bond motifs is 2. The van der Waals surface area contributed by atoms with Gasteiger partial charge >= 0.3 is 0 Å². The number of rotatable bonds is 5. The van der Waals surface area contributed by atoms with E-state index in [0.29, 0.717) is 29.4 Å². The Morgan fingerprint density at radius 3 is 2.75 bits per heavy atom. The summed E-state index contributed by atoms with van der Waals surface area (Å²) in [5.41, 5.74) is 2.56. The Kier molecular flexibility index (Phi) is 5.07. The lowest BCUT2D eigenvalue weighted by Gasteiger charge is -2.36. The molecule has 1 aliphatic rings. The number of likely N-dealkylation sites (N-methyl/N-ethyl adjacent to an activating group) is 1. The molecule has 162 valence electrons. The lowest BCUT2D eigenvalue weighted by molar-refractivity contribution is 0.422. The van der Waals surface area contributed by atoms with Crippen LogP contribution in [0, 0.1) is 18.8 Å². The molecule has 1 fully saturated rings. The number of aromatic nitrogens is 6. The van der Waals surface area contributed by atoms with Crippen molar-refractivity contribution in [2.24, 2.45) is 0 Å². The lowest BCUT2D eigenvalue weighted by Crippen LogP contribution is -2.56. The maximum atomic E-state index is 13.5. The molecule has 1 aromatic carbocycles. The van der Waals surface area contributed by atoms with E-state index >= 15 is 0 Å². The quantitative estimate of drug-likeness (QED) is 0.479. The summed E-state index contributed by atoms with van der Waals surface area (Å²) in [5, 5.41) is 8.64. The fraction of sp³-hybridized carbons (Fsp3) is 0.348. The molecule has 1 saturated heterocycles. The summed E-state index contributed by atoms with van der Waals surface area (Å²) in [5.74, 6) is 7.27. The molecule has 1 aliphatic heterocycles. The minimum absolute atomic E-state index is 0.183. The molecule has 1 N–H and O–H groups in total. The van der Waals surface area contributed by atoms with Crippen LogP contribution in [0.3, 0.4) is 0 Å². The maximum absolute atomic E-state index is 13.5. The Morgan fingerprint density at radius 1 is 1.19 bits per heavy atom. The first kappa shape index (κ1) is 20.2. The van der Waals surface area contributed by atoms with Gasteiger partial charge in [-0.15, -0.1) is 5.92 Å². The summed E-state index contributed by atoms with van der Waals surface area (Å²) in [7, 11) is 2.00. The SMILES string of the molecule is CC#CCn1c(N(C)C2CNC2)nc2cnn(Cc3nc(C)c4ccccc4n3)c(=O)c21. The zero-order valence-electron chi connectivity index (χ0n) is 18.3. The van der Waals surface area contributed by atoms with Crippen molar-refractivity contribution < 1.29 is 0 Å². The van der Waals surface area contributed by atoms with Gasteiger partial charge in [0.25, 0.3) is 5.56 Å². The van der Waals surface area contributed by atoms with Gasteiger partial charge in [0.05, 0.1) is 24.3 Å². The molecule has 0 bridgehead atoms. The van der Waals surface area contributed by atoms with E-state index in [1.807, 2.05) is 42.8 Å². The number of hydrogen-bond donors (Lipinski definition) is 1. The lowest BCUT2D eigenvalue weighted by atomic mass is 10.1. The van der Waals surface area contributed by atoms with E-state index < -0.39 is 0 Å². The van der Waals surface area contributed by atoms with Gasteiger partial charge in [-0.3, -0.25) is 9.36 Å². The van der Waals surface area contributed by atoms with Gasteiger partial charge in [-0.1, -0.05) is 24.1 Å². The monoisotopic (exact) mass is 428 g/mol. The highest BCUT2D eigenvalue weighted by molar-refractivity contribution is 5.80. The van der Waals surface area contributed by atoms with Crippen LogP contribution < -0.4 is 15.8 Å². The van der Waals surface area contributed by atoms with Crippen LogP contribution in [-0.4, -0.2) is 55.5 Å². The Hall–Kier alpha value is -3.77. The maximum Gasteiger partial charge on any atom is 0.293 e. The van der Waals surface area contributed by atoms with Crippen LogP contribution in [0.1, 0.15) is 18.4 Å². The summed E-state index contributed by atoms with van der Waals surface area (Å²) in [4.78, 5) is 29.5. The minimum atomic E-state index is -0.228. The highest BCUT2D eigenvalue weighted by atomic mass is 16.1. The van der Waals surface area contributed by atoms with Gasteiger partial charge in [0.2, 0.25) is 5.95 Å². The van der Waals surface area contributed by atoms with Crippen LogP contribution in [0.15, 0.2) is 35.3 Å². The van der Waals surface area contributed by atoms with Crippen molar-refractivity contribution in [3.05, 3.63) is 52.3 Å². The second-order valence-corrected chi connectivity index (χ2v) is 7.93. The molecule has 0 radical (unpaired) electrons. The summed E-state index contributed by atoms with van der Waals surface area (Å²) < 4.78 is 3.29. The molecule has 0 unspecified atom stereocenters. The van der Waals surface area contributed by atoms with Gasteiger partial charge in [0, 0.05) is 31.2 Å². The van der Waals surface area contributed by atoms with Gasteiger partial charge in [-0.05, 0) is 19.9 Å². The predicted molar refractivity (Wildman–Crippen MR) is 124 cm³/mol. The normalized spacial score (nSPS) is 13.7. The molecule has 0 spiro atoms. The van der Waals surface area contributed by atoms with Crippen LogP contribution in [-0.2, 0) is 13.1 Å². The summed E-state index contributed by atoms with van der Waals surface area (Å²) in [6, 6.07) is 8.19. The molecular formula is C23H24N8O. The zero-order valence-corrected chi connectivity index (χ0v) is 18.3. The molecule has 3 aromatic heterocycles. The Labute approximate surface area is 185 Å². The number of nitrogens with zero attached hydrogens (tertiary/aromatic N) is 7. The zero-order chi connectivity index (χ0) is 22.2. The third kappa shape index (κ3) is 3.39. The molecule has 4 aromatic rings. The first-order chi connectivity index (χ1) is 15.6. The van der Waals surface area contributed by atoms with Crippen molar-refractivity contribution in [2.45, 2.75) is 33.0 Å². The van der Waals surface area contributed by atoms with Gasteiger partial charge < -0.3 is 10.2 Å². The molecular weight excluding hydrogens is 404 g/mol. The smallest absolute Gasteiger partial charge is 0.293 e. The second kappa shape index (κ2) is 8.05. The Balaban J connectivity index is 1.59. The number of para-hydroxylation sites is 1. The average Bonchev–Trinajstić information content (AvgIpc) is 3.12. The summed E-state index contributed by atoms with van der Waals surface area (Å²) >= 11 is 0. The number of nitrogens with one attached hydrogen (secondary N) is 1. The Morgan fingerprint density at radius 2 is 2.00 bits per heavy atom. The molecule has 5 rings (SSSR count). The number of hydrogen-bond acceptors (Lipinski definition) is 7. The third-order valence-electron chi connectivity index (χ3n) is 5.90. The van der Waals surface area contributed by atoms with E-state index in [-0.39, 0.29) is 12.1 Å². The second-order valence-electron chi connectivity index (χ2n) is 7.93. The van der Waals surface area contributed by atoms with E-state index in [4.69, 9.17) is 4.98 Å². The number of imidazole rings is 1. The van der Waals surface area contributed by atoms with Crippen LogP contribution in [0.5, 0.6) is 0 Å². The minimum Gasteiger partial charge on any atom is -0.340 e. The molecule has 0 amide bonds. The van der Waals surface area contributed by atoms with Crippen molar-refractivity contribution in [3.63, 3.8) is 0 Å². The van der Waals surface area contributed by atoms with Gasteiger partial charge in [-0.25, -0.2) is 19.6 Å². The largest absolute Gasteiger partial charge is 0.340 e. The van der Waals surface area contributed by atoms with Crippen LogP contribution in [0.25, 0.3) is 21.9 Å². The van der Waals surface area contributed by atoms with Crippen molar-refractivity contribution in [3.8, 4) is 11.8 Å². The van der Waals surface area contributed by atoms with Gasteiger partial charge in [0.15, 0.2) is 5.82 Å². The predicted octanol–water partition coefficient (Wildman–Crippen LogP) is 1.32. The van der Waals surface area contributed by atoms with Crippen molar-refractivity contribution in [1.29, 1.82) is 0 Å². The van der Waals surface area contributed by atoms with E-state index in [1.54, 1.807) is 13.1 Å². The Bertz CT molecular complexity index is 1440. The topological polar surface area (TPSA) is 93.8 Å². The van der Waals surface area contributed by atoms with E-state index in [1.165, 1.54) is 4.68 Å². The first-order valence-corrected chi connectivity index (χ1v) is 10.6. The fourth-order valence-electron chi connectivity index (χ4n) is 3.97. The van der Waals surface area contributed by atoms with Gasteiger partial charge in [0.1, 0.15) is 17.6 Å². The third-order valence-corrected chi connectivity index (χ3v) is 5.90. The van der Waals surface area contributed by atoms with Crippen LogP contribution in [0.2, 0.25) is 0 Å². The van der Waals surface area contributed by atoms with Gasteiger partial charge in [-0.2, -0.15) is 5.10 Å². The van der Waals surface area contributed by atoms with E-state index in [0.717, 1.165) is 35.6 Å². The molecule has 32 heavy (non-hydrogen) atoms. The molecule has 4 heterocycles.